The van der Waals surface area contributed by atoms with Crippen LogP contribution in [0.5, 0.6) is 11.5 Å². The van der Waals surface area contributed by atoms with Gasteiger partial charge in [0.1, 0.15) is 18.4 Å². The van der Waals surface area contributed by atoms with Gasteiger partial charge < -0.3 is 14.4 Å². The summed E-state index contributed by atoms with van der Waals surface area (Å²) in [6.07, 6.45) is 6.86. The summed E-state index contributed by atoms with van der Waals surface area (Å²) >= 11 is 0. The lowest BCUT2D eigenvalue weighted by molar-refractivity contribution is 0.0785. The Morgan fingerprint density at radius 3 is 2.80 bits per heavy atom. The first kappa shape index (κ1) is 15.9. The van der Waals surface area contributed by atoms with Crippen LogP contribution in [0.4, 0.5) is 0 Å². The van der Waals surface area contributed by atoms with Crippen LogP contribution >= 0.6 is 0 Å². The molecule has 1 atom stereocenters. The van der Waals surface area contributed by atoms with Crippen LogP contribution in [0.2, 0.25) is 0 Å². The average Bonchev–Trinajstić information content (AvgIpc) is 3.20. The highest BCUT2D eigenvalue weighted by Gasteiger charge is 2.22. The van der Waals surface area contributed by atoms with Crippen molar-refractivity contribution >= 4 is 5.91 Å². The van der Waals surface area contributed by atoms with Gasteiger partial charge in [-0.05, 0) is 37.8 Å². The van der Waals surface area contributed by atoms with Gasteiger partial charge in [-0.25, -0.2) is 4.98 Å². The second kappa shape index (κ2) is 7.09. The van der Waals surface area contributed by atoms with Crippen molar-refractivity contribution in [3.8, 4) is 11.5 Å². The summed E-state index contributed by atoms with van der Waals surface area (Å²) in [5.74, 6) is 1.55. The molecule has 130 valence electrons. The molecule has 3 heterocycles. The molecule has 1 saturated heterocycles. The van der Waals surface area contributed by atoms with Gasteiger partial charge in [0.15, 0.2) is 11.5 Å². The highest BCUT2D eigenvalue weighted by molar-refractivity contribution is 5.92. The van der Waals surface area contributed by atoms with E-state index in [9.17, 15) is 4.79 Å². The van der Waals surface area contributed by atoms with E-state index in [2.05, 4.69) is 9.97 Å². The van der Waals surface area contributed by atoms with Crippen LogP contribution in [0.15, 0.2) is 36.7 Å². The fraction of sp³-hybridized carbons (Fsp3) is 0.421. The third-order valence-electron chi connectivity index (χ3n) is 4.59. The van der Waals surface area contributed by atoms with Crippen LogP contribution in [-0.4, -0.2) is 46.6 Å². The van der Waals surface area contributed by atoms with Gasteiger partial charge in [0.05, 0.1) is 11.9 Å². The predicted octanol–water partition coefficient (Wildman–Crippen LogP) is 2.49. The van der Waals surface area contributed by atoms with Gasteiger partial charge in [0.2, 0.25) is 0 Å². The number of hydrogen-bond donors (Lipinski definition) is 0. The van der Waals surface area contributed by atoms with Gasteiger partial charge in [0.25, 0.3) is 5.91 Å². The highest BCUT2D eigenvalue weighted by atomic mass is 16.6. The molecule has 0 saturated carbocycles. The number of nitrogens with zero attached hydrogens (tertiary/aromatic N) is 3. The lowest BCUT2D eigenvalue weighted by atomic mass is 10.1. The number of aromatic nitrogens is 2. The molecule has 0 radical (unpaired) electrons. The third kappa shape index (κ3) is 3.57. The molecule has 2 aliphatic heterocycles. The number of aryl methyl sites for hydroxylation is 1. The predicted molar refractivity (Wildman–Crippen MR) is 91.8 cm³/mol. The van der Waals surface area contributed by atoms with E-state index in [1.807, 2.05) is 29.2 Å². The molecule has 1 amide bonds. The molecule has 0 spiro atoms. The van der Waals surface area contributed by atoms with E-state index in [4.69, 9.17) is 9.47 Å². The van der Waals surface area contributed by atoms with Crippen molar-refractivity contribution in [2.24, 2.45) is 0 Å². The maximum atomic E-state index is 12.4. The van der Waals surface area contributed by atoms with E-state index in [0.717, 1.165) is 49.5 Å². The fourth-order valence-corrected chi connectivity index (χ4v) is 3.23. The first-order chi connectivity index (χ1) is 12.3. The molecule has 2 aliphatic rings. The quantitative estimate of drug-likeness (QED) is 0.856. The van der Waals surface area contributed by atoms with Gasteiger partial charge in [-0.3, -0.25) is 9.78 Å². The maximum Gasteiger partial charge on any atom is 0.274 e. The number of benzene rings is 1. The van der Waals surface area contributed by atoms with Crippen LogP contribution in [-0.2, 0) is 6.42 Å². The number of hydrogen-bond acceptors (Lipinski definition) is 5. The summed E-state index contributed by atoms with van der Waals surface area (Å²) in [6, 6.07) is 7.69. The highest BCUT2D eigenvalue weighted by Crippen LogP contribution is 2.31. The Morgan fingerprint density at radius 2 is 1.96 bits per heavy atom. The Bertz CT molecular complexity index is 759. The number of rotatable bonds is 4. The van der Waals surface area contributed by atoms with Crippen molar-refractivity contribution in [2.45, 2.75) is 31.8 Å². The van der Waals surface area contributed by atoms with E-state index >= 15 is 0 Å². The van der Waals surface area contributed by atoms with Crippen molar-refractivity contribution in [3.63, 3.8) is 0 Å². The van der Waals surface area contributed by atoms with E-state index in [1.165, 1.54) is 0 Å². The number of likely N-dealkylation sites (tertiary alicyclic amines) is 1. The lowest BCUT2D eigenvalue weighted by Crippen LogP contribution is -2.30. The van der Waals surface area contributed by atoms with E-state index in [0.29, 0.717) is 18.7 Å². The molecule has 6 nitrogen and oxygen atoms in total. The number of carbonyl (C=O) groups excluding carboxylic acids is 1. The summed E-state index contributed by atoms with van der Waals surface area (Å²) < 4.78 is 11.7. The Hall–Kier alpha value is -2.63. The summed E-state index contributed by atoms with van der Waals surface area (Å²) in [4.78, 5) is 23.0. The molecule has 4 rings (SSSR count). The first-order valence-corrected chi connectivity index (χ1v) is 8.78. The number of fused-ring (bicyclic) bond motifs is 1. The molecule has 6 heteroatoms. The molecule has 2 aromatic rings. The van der Waals surface area contributed by atoms with Crippen molar-refractivity contribution in [1.82, 2.24) is 14.9 Å². The molecule has 0 bridgehead atoms. The largest absolute Gasteiger partial charge is 0.486 e. The van der Waals surface area contributed by atoms with E-state index in [1.54, 1.807) is 12.4 Å². The minimum Gasteiger partial charge on any atom is -0.486 e. The van der Waals surface area contributed by atoms with Gasteiger partial charge in [-0.2, -0.15) is 0 Å². The molecule has 0 N–H and O–H groups in total. The SMILES string of the molecule is O=C(c1cncc(CC[C@H]2COc3ccccc3O2)n1)N1CCCC1. The van der Waals surface area contributed by atoms with E-state index in [-0.39, 0.29) is 12.0 Å². The van der Waals surface area contributed by atoms with Crippen LogP contribution in [0.1, 0.15) is 35.4 Å². The van der Waals surface area contributed by atoms with Crippen molar-refractivity contribution in [3.05, 3.63) is 48.0 Å². The Balaban J connectivity index is 1.37. The molecule has 0 unspecified atom stereocenters. The maximum absolute atomic E-state index is 12.4. The molecule has 0 aliphatic carbocycles. The van der Waals surface area contributed by atoms with Crippen LogP contribution in [0.3, 0.4) is 0 Å². The first-order valence-electron chi connectivity index (χ1n) is 8.78. The topological polar surface area (TPSA) is 64.5 Å². The molecule has 1 aromatic heterocycles. The monoisotopic (exact) mass is 339 g/mol. The second-order valence-electron chi connectivity index (χ2n) is 6.43. The Labute approximate surface area is 146 Å². The minimum absolute atomic E-state index is 0.0157. The van der Waals surface area contributed by atoms with Crippen LogP contribution in [0.25, 0.3) is 0 Å². The van der Waals surface area contributed by atoms with Crippen LogP contribution < -0.4 is 9.47 Å². The second-order valence-corrected chi connectivity index (χ2v) is 6.43. The molecule has 25 heavy (non-hydrogen) atoms. The molecule has 1 aromatic carbocycles. The molecular formula is C19H21N3O3. The average molecular weight is 339 g/mol. The summed E-state index contributed by atoms with van der Waals surface area (Å²) in [7, 11) is 0. The number of para-hydroxylation sites is 2. The number of ether oxygens (including phenoxy) is 2. The van der Waals surface area contributed by atoms with E-state index < -0.39 is 0 Å². The Morgan fingerprint density at radius 1 is 1.16 bits per heavy atom. The summed E-state index contributed by atoms with van der Waals surface area (Å²) in [5, 5.41) is 0. The Kier molecular flexibility index (Phi) is 4.50. The number of amides is 1. The summed E-state index contributed by atoms with van der Waals surface area (Å²) in [5.41, 5.74) is 1.25. The third-order valence-corrected chi connectivity index (χ3v) is 4.59. The standard InChI is InChI=1S/C19H21N3O3/c23-19(22-9-3-4-10-22)16-12-20-11-14(21-16)7-8-15-13-24-17-5-1-2-6-18(17)25-15/h1-2,5-6,11-12,15H,3-4,7-10,13H2/t15-/m0/s1. The zero-order chi connectivity index (χ0) is 17.1. The molecule has 1 fully saturated rings. The van der Waals surface area contributed by atoms with Crippen molar-refractivity contribution < 1.29 is 14.3 Å². The lowest BCUT2D eigenvalue weighted by Gasteiger charge is -2.26. The minimum atomic E-state index is -0.0189. The van der Waals surface area contributed by atoms with Crippen LogP contribution in [0, 0.1) is 0 Å². The molecular weight excluding hydrogens is 318 g/mol. The smallest absolute Gasteiger partial charge is 0.274 e. The summed E-state index contributed by atoms with van der Waals surface area (Å²) in [6.45, 7) is 2.16. The zero-order valence-corrected chi connectivity index (χ0v) is 14.1. The van der Waals surface area contributed by atoms with Crippen molar-refractivity contribution in [1.29, 1.82) is 0 Å². The van der Waals surface area contributed by atoms with Gasteiger partial charge in [-0.15, -0.1) is 0 Å². The fourth-order valence-electron chi connectivity index (χ4n) is 3.23. The van der Waals surface area contributed by atoms with Gasteiger partial charge in [-0.1, -0.05) is 12.1 Å². The van der Waals surface area contributed by atoms with Crippen molar-refractivity contribution in [2.75, 3.05) is 19.7 Å². The zero-order valence-electron chi connectivity index (χ0n) is 14.1. The van der Waals surface area contributed by atoms with Gasteiger partial charge >= 0.3 is 0 Å². The van der Waals surface area contributed by atoms with Gasteiger partial charge in [0, 0.05) is 19.3 Å². The normalized spacial score (nSPS) is 19.0. The number of carbonyl (C=O) groups is 1.